The van der Waals surface area contributed by atoms with Crippen molar-refractivity contribution in [2.45, 2.75) is 77.4 Å². The number of fused-ring (bicyclic) bond motifs is 6. The Hall–Kier alpha value is -1.86. The minimum atomic E-state index is -0.341. The molecule has 0 aliphatic heterocycles. The maximum atomic E-state index is 13.7. The number of hydrogen-bond donors (Lipinski definition) is 1. The number of Topliss-reactive ketones (excluding diaryl/α,β-unsaturated/α-hetero) is 1. The molecule has 1 aromatic carbocycles. The van der Waals surface area contributed by atoms with Crippen molar-refractivity contribution in [3.05, 3.63) is 24.0 Å². The Labute approximate surface area is 206 Å². The van der Waals surface area contributed by atoms with Gasteiger partial charge in [0.15, 0.2) is 5.78 Å². The van der Waals surface area contributed by atoms with Crippen molar-refractivity contribution >= 4 is 16.8 Å². The molecular formula is C28H38FN3O3. The molecule has 4 aliphatic rings. The summed E-state index contributed by atoms with van der Waals surface area (Å²) < 4.78 is 21.1. The van der Waals surface area contributed by atoms with Crippen molar-refractivity contribution in [3.63, 3.8) is 0 Å². The Morgan fingerprint density at radius 3 is 2.86 bits per heavy atom. The second-order valence-electron chi connectivity index (χ2n) is 12.3. The monoisotopic (exact) mass is 483 g/mol. The summed E-state index contributed by atoms with van der Waals surface area (Å²) in [6.45, 7) is 3.38. The predicted octanol–water partition coefficient (Wildman–Crippen LogP) is 4.79. The first-order valence-electron chi connectivity index (χ1n) is 13.5. The maximum absolute atomic E-state index is 13.7. The van der Waals surface area contributed by atoms with Crippen LogP contribution in [-0.4, -0.2) is 45.7 Å². The second kappa shape index (κ2) is 8.62. The Kier molecular flexibility index (Phi) is 5.79. The molecular weight excluding hydrogens is 445 g/mol. The molecule has 8 unspecified atom stereocenters. The predicted molar refractivity (Wildman–Crippen MR) is 130 cm³/mol. The highest BCUT2D eigenvalue weighted by Gasteiger charge is 2.62. The highest BCUT2D eigenvalue weighted by molar-refractivity contribution is 5.84. The van der Waals surface area contributed by atoms with E-state index in [2.05, 4.69) is 17.2 Å². The average Bonchev–Trinajstić information content (AvgIpc) is 3.39. The zero-order chi connectivity index (χ0) is 24.4. The molecule has 0 amide bonds. The van der Waals surface area contributed by atoms with Gasteiger partial charge in [0.05, 0.1) is 18.2 Å². The van der Waals surface area contributed by atoms with Gasteiger partial charge in [-0.1, -0.05) is 12.1 Å². The lowest BCUT2D eigenvalue weighted by Crippen LogP contribution is -2.57. The third-order valence-corrected chi connectivity index (χ3v) is 10.9. The number of benzene rings is 1. The highest BCUT2D eigenvalue weighted by Crippen LogP contribution is 2.67. The van der Waals surface area contributed by atoms with Crippen molar-refractivity contribution < 1.29 is 19.0 Å². The molecule has 190 valence electrons. The number of hydrogen-bond acceptors (Lipinski definition) is 5. The minimum Gasteiger partial charge on any atom is -0.393 e. The molecule has 4 aliphatic carbocycles. The van der Waals surface area contributed by atoms with E-state index in [0.717, 1.165) is 51.6 Å². The molecule has 8 atom stereocenters. The fourth-order valence-corrected chi connectivity index (χ4v) is 9.43. The molecule has 0 radical (unpaired) electrons. The topological polar surface area (TPSA) is 77.2 Å². The molecule has 4 saturated carbocycles. The number of methoxy groups -OCH3 is 1. The van der Waals surface area contributed by atoms with Crippen molar-refractivity contribution in [1.82, 2.24) is 15.0 Å². The fourth-order valence-electron chi connectivity index (χ4n) is 9.43. The van der Waals surface area contributed by atoms with Crippen molar-refractivity contribution in [1.29, 1.82) is 0 Å². The zero-order valence-corrected chi connectivity index (χ0v) is 21.0. The largest absolute Gasteiger partial charge is 0.393 e. The first-order chi connectivity index (χ1) is 16.9. The van der Waals surface area contributed by atoms with Crippen LogP contribution in [0.5, 0.6) is 0 Å². The lowest BCUT2D eigenvalue weighted by molar-refractivity contribution is -0.161. The fraction of sp³-hybridized carbons (Fsp3) is 0.750. The quantitative estimate of drug-likeness (QED) is 0.662. The van der Waals surface area contributed by atoms with E-state index in [1.807, 2.05) is 7.11 Å². The molecule has 4 fully saturated rings. The normalized spacial score (nSPS) is 40.8. The highest BCUT2D eigenvalue weighted by atomic mass is 19.1. The van der Waals surface area contributed by atoms with E-state index >= 15 is 0 Å². The number of halogens is 1. The smallest absolute Gasteiger partial charge is 0.157 e. The van der Waals surface area contributed by atoms with E-state index in [1.165, 1.54) is 25.0 Å². The minimum absolute atomic E-state index is 0.0238. The van der Waals surface area contributed by atoms with Gasteiger partial charge in [-0.05, 0) is 104 Å². The van der Waals surface area contributed by atoms with E-state index < -0.39 is 0 Å². The summed E-state index contributed by atoms with van der Waals surface area (Å²) in [6, 6.07) is 4.43. The van der Waals surface area contributed by atoms with Crippen LogP contribution in [0.4, 0.5) is 4.39 Å². The van der Waals surface area contributed by atoms with Crippen LogP contribution in [0.15, 0.2) is 18.2 Å². The van der Waals surface area contributed by atoms with Crippen molar-refractivity contribution in [3.8, 4) is 0 Å². The maximum Gasteiger partial charge on any atom is 0.157 e. The molecule has 0 spiro atoms. The van der Waals surface area contributed by atoms with Crippen LogP contribution in [-0.2, 0) is 16.1 Å². The number of aliphatic hydroxyl groups excluding tert-OH is 1. The molecule has 6 rings (SSSR count). The van der Waals surface area contributed by atoms with Crippen LogP contribution in [0.1, 0.15) is 64.7 Å². The molecule has 2 aromatic rings. The van der Waals surface area contributed by atoms with Crippen molar-refractivity contribution in [2.24, 2.45) is 40.4 Å². The lowest BCUT2D eigenvalue weighted by Gasteiger charge is -2.61. The van der Waals surface area contributed by atoms with Crippen molar-refractivity contribution in [2.75, 3.05) is 13.7 Å². The van der Waals surface area contributed by atoms with Gasteiger partial charge in [-0.15, -0.1) is 5.10 Å². The molecule has 1 aromatic heterocycles. The number of ketones is 1. The van der Waals surface area contributed by atoms with E-state index in [0.29, 0.717) is 34.7 Å². The zero-order valence-electron chi connectivity index (χ0n) is 21.0. The molecule has 6 nitrogen and oxygen atoms in total. The second-order valence-corrected chi connectivity index (χ2v) is 12.3. The van der Waals surface area contributed by atoms with Gasteiger partial charge < -0.3 is 9.84 Å². The summed E-state index contributed by atoms with van der Waals surface area (Å²) in [7, 11) is 1.83. The molecule has 7 heteroatoms. The van der Waals surface area contributed by atoms with Crippen LogP contribution >= 0.6 is 0 Å². The number of aromatic nitrogens is 3. The summed E-state index contributed by atoms with van der Waals surface area (Å²) >= 11 is 0. The summed E-state index contributed by atoms with van der Waals surface area (Å²) in [5.41, 5.74) is 1.42. The number of carbonyl (C=O) groups excluding carboxylic acids is 1. The van der Waals surface area contributed by atoms with Crippen LogP contribution in [0.3, 0.4) is 0 Å². The van der Waals surface area contributed by atoms with Crippen LogP contribution < -0.4 is 0 Å². The molecule has 0 saturated heterocycles. The van der Waals surface area contributed by atoms with E-state index in [-0.39, 0.29) is 41.0 Å². The molecule has 1 N–H and O–H groups in total. The van der Waals surface area contributed by atoms with Crippen LogP contribution in [0.2, 0.25) is 0 Å². The summed E-state index contributed by atoms with van der Waals surface area (Å²) in [4.78, 5) is 13.7. The Morgan fingerprint density at radius 2 is 2.03 bits per heavy atom. The number of ether oxygens (including phenoxy) is 1. The SMILES string of the molecule is COCC12CCC(O)CC1CCC1C3CCC(C(=O)Cn4nnc5cc(F)ccc54)C3(C)CCC12. The summed E-state index contributed by atoms with van der Waals surface area (Å²) in [5.74, 6) is 2.34. The third kappa shape index (κ3) is 3.59. The number of carbonyl (C=O) groups is 1. The van der Waals surface area contributed by atoms with Gasteiger partial charge in [-0.3, -0.25) is 4.79 Å². The first kappa shape index (κ1) is 23.5. The average molecular weight is 484 g/mol. The van der Waals surface area contributed by atoms with Gasteiger partial charge >= 0.3 is 0 Å². The van der Waals surface area contributed by atoms with Gasteiger partial charge in [0, 0.05) is 19.1 Å². The van der Waals surface area contributed by atoms with Gasteiger partial charge in [0.1, 0.15) is 17.9 Å². The summed E-state index contributed by atoms with van der Waals surface area (Å²) in [6.07, 6.45) is 9.42. The first-order valence-corrected chi connectivity index (χ1v) is 13.5. The number of nitrogens with zero attached hydrogens (tertiary/aromatic N) is 3. The van der Waals surface area contributed by atoms with E-state index in [1.54, 1.807) is 10.7 Å². The molecule has 0 bridgehead atoms. The van der Waals surface area contributed by atoms with Gasteiger partial charge in [-0.2, -0.15) is 0 Å². The lowest BCUT2D eigenvalue weighted by atomic mass is 9.44. The van der Waals surface area contributed by atoms with Crippen LogP contribution in [0, 0.1) is 46.2 Å². The standard InChI is InChI=1S/C28H38FN3O3/c1-27-11-10-22-20(5-3-17-13-19(33)9-12-28(17,22)16-35-2)21(27)6-7-23(27)26(34)15-32-25-8-4-18(29)14-24(25)30-31-32/h4,8,14,17,19-23,33H,3,5-7,9-13,15-16H2,1-2H3. The van der Waals surface area contributed by atoms with E-state index in [9.17, 15) is 14.3 Å². The van der Waals surface area contributed by atoms with Gasteiger partial charge in [-0.25, -0.2) is 9.07 Å². The third-order valence-electron chi connectivity index (χ3n) is 10.9. The van der Waals surface area contributed by atoms with Gasteiger partial charge in [0.2, 0.25) is 0 Å². The Morgan fingerprint density at radius 1 is 1.17 bits per heavy atom. The Balaban J connectivity index is 1.23. The van der Waals surface area contributed by atoms with Gasteiger partial charge in [0.25, 0.3) is 0 Å². The molecule has 1 heterocycles. The number of rotatable bonds is 5. The van der Waals surface area contributed by atoms with E-state index in [4.69, 9.17) is 4.74 Å². The van der Waals surface area contributed by atoms with Crippen LogP contribution in [0.25, 0.3) is 11.0 Å². The number of aliphatic hydroxyl groups is 1. The Bertz CT molecular complexity index is 1120. The molecule has 35 heavy (non-hydrogen) atoms. The summed E-state index contributed by atoms with van der Waals surface area (Å²) in [5, 5.41) is 18.6.